The maximum Gasteiger partial charge on any atom is 0.410 e. The third-order valence-electron chi connectivity index (χ3n) is 9.61. The van der Waals surface area contributed by atoms with Crippen LogP contribution in [0.3, 0.4) is 0 Å². The monoisotopic (exact) mass is 643 g/mol. The van der Waals surface area contributed by atoms with E-state index in [0.29, 0.717) is 45.9 Å². The van der Waals surface area contributed by atoms with Gasteiger partial charge in [-0.25, -0.2) is 9.78 Å². The first kappa shape index (κ1) is 32.8. The van der Waals surface area contributed by atoms with Crippen molar-refractivity contribution in [3.8, 4) is 17.0 Å². The summed E-state index contributed by atoms with van der Waals surface area (Å²) in [6, 6.07) is 15.9. The number of carboxylic acid groups (broad SMARTS) is 1. The molecule has 3 heterocycles. The molecule has 250 valence electrons. The van der Waals surface area contributed by atoms with Crippen LogP contribution in [0.25, 0.3) is 11.3 Å². The van der Waals surface area contributed by atoms with E-state index >= 15 is 0 Å². The van der Waals surface area contributed by atoms with Gasteiger partial charge in [0.2, 0.25) is 0 Å². The quantitative estimate of drug-likeness (QED) is 0.284. The minimum atomic E-state index is -0.768. The second kappa shape index (κ2) is 12.8. The van der Waals surface area contributed by atoms with Crippen molar-refractivity contribution in [1.29, 1.82) is 0 Å². The predicted molar refractivity (Wildman–Crippen MR) is 177 cm³/mol. The number of anilines is 1. The lowest BCUT2D eigenvalue weighted by Gasteiger charge is -2.32. The Bertz CT molecular complexity index is 1670. The van der Waals surface area contributed by atoms with E-state index in [1.807, 2.05) is 64.1 Å². The van der Waals surface area contributed by atoms with E-state index in [1.54, 1.807) is 19.1 Å². The number of aryl methyl sites for hydroxylation is 1. The zero-order valence-electron chi connectivity index (χ0n) is 28.2. The van der Waals surface area contributed by atoms with Crippen molar-refractivity contribution < 1.29 is 33.6 Å². The number of carboxylic acids is 1. The lowest BCUT2D eigenvalue weighted by atomic mass is 9.93. The van der Waals surface area contributed by atoms with E-state index in [0.717, 1.165) is 51.5 Å². The number of aromatic nitrogens is 1. The normalized spacial score (nSPS) is 21.7. The van der Waals surface area contributed by atoms with Gasteiger partial charge in [-0.1, -0.05) is 24.3 Å². The SMILES string of the molecule is COCc1cc(COc2c(C)cccc2-c2cccc(N3CC4C[C@]4(C(=O)O)[C@H]3COC)n2)cc2c1CN(C(=O)OC(C)(C)C)CC2. The zero-order chi connectivity index (χ0) is 33.5. The fourth-order valence-electron chi connectivity index (χ4n) is 7.29. The summed E-state index contributed by atoms with van der Waals surface area (Å²) in [6.07, 6.45) is 1.09. The lowest BCUT2D eigenvalue weighted by Crippen LogP contribution is -2.43. The molecule has 3 aromatic rings. The van der Waals surface area contributed by atoms with Crippen LogP contribution in [0.2, 0.25) is 0 Å². The summed E-state index contributed by atoms with van der Waals surface area (Å²) in [4.78, 5) is 34.0. The molecular formula is C37H45N3O7. The molecule has 2 fully saturated rings. The van der Waals surface area contributed by atoms with Gasteiger partial charge in [-0.15, -0.1) is 0 Å². The molecule has 1 aliphatic carbocycles. The van der Waals surface area contributed by atoms with Gasteiger partial charge in [0.15, 0.2) is 0 Å². The average molecular weight is 644 g/mol. The van der Waals surface area contributed by atoms with Crippen molar-refractivity contribution in [3.05, 3.63) is 76.3 Å². The highest BCUT2D eigenvalue weighted by Gasteiger charge is 2.71. The molecule has 1 aromatic heterocycles. The number of rotatable bonds is 10. The Kier molecular flexibility index (Phi) is 8.93. The van der Waals surface area contributed by atoms with Crippen LogP contribution in [-0.2, 0) is 45.2 Å². The van der Waals surface area contributed by atoms with Gasteiger partial charge in [0.25, 0.3) is 0 Å². The number of hydrogen-bond acceptors (Lipinski definition) is 8. The number of methoxy groups -OCH3 is 2. The largest absolute Gasteiger partial charge is 0.488 e. The third-order valence-corrected chi connectivity index (χ3v) is 9.61. The molecule has 1 amide bonds. The van der Waals surface area contributed by atoms with Gasteiger partial charge in [0.1, 0.15) is 23.8 Å². The smallest absolute Gasteiger partial charge is 0.410 e. The Morgan fingerprint density at radius 2 is 1.85 bits per heavy atom. The molecule has 1 saturated carbocycles. The topological polar surface area (TPSA) is 111 Å². The summed E-state index contributed by atoms with van der Waals surface area (Å²) in [7, 11) is 3.29. The number of nitrogens with zero attached hydrogens (tertiary/aromatic N) is 3. The number of piperidine rings is 1. The highest BCUT2D eigenvalue weighted by Crippen LogP contribution is 2.62. The van der Waals surface area contributed by atoms with Crippen LogP contribution in [0.4, 0.5) is 10.6 Å². The minimum Gasteiger partial charge on any atom is -0.488 e. The lowest BCUT2D eigenvalue weighted by molar-refractivity contribution is -0.144. The van der Waals surface area contributed by atoms with Gasteiger partial charge >= 0.3 is 12.1 Å². The summed E-state index contributed by atoms with van der Waals surface area (Å²) in [5, 5.41) is 10.1. The van der Waals surface area contributed by atoms with Crippen molar-refractivity contribution in [1.82, 2.24) is 9.88 Å². The fraction of sp³-hybridized carbons (Fsp3) is 0.486. The first-order chi connectivity index (χ1) is 22.4. The second-order valence-corrected chi connectivity index (χ2v) is 14.0. The number of fused-ring (bicyclic) bond motifs is 2. The number of ether oxygens (including phenoxy) is 4. The molecule has 1 N–H and O–H groups in total. The van der Waals surface area contributed by atoms with E-state index in [2.05, 4.69) is 17.0 Å². The molecule has 0 spiro atoms. The molecule has 0 radical (unpaired) electrons. The third kappa shape index (κ3) is 6.41. The molecule has 0 bridgehead atoms. The van der Waals surface area contributed by atoms with Crippen LogP contribution in [0, 0.1) is 18.3 Å². The number of aliphatic carboxylic acids is 1. The van der Waals surface area contributed by atoms with Gasteiger partial charge in [0, 0.05) is 39.4 Å². The van der Waals surface area contributed by atoms with E-state index < -0.39 is 17.0 Å². The highest BCUT2D eigenvalue weighted by molar-refractivity contribution is 5.82. The van der Waals surface area contributed by atoms with Crippen molar-refractivity contribution in [2.24, 2.45) is 11.3 Å². The second-order valence-electron chi connectivity index (χ2n) is 14.0. The summed E-state index contributed by atoms with van der Waals surface area (Å²) < 4.78 is 23.2. The Labute approximate surface area is 276 Å². The van der Waals surface area contributed by atoms with Gasteiger partial charge in [-0.3, -0.25) is 4.79 Å². The molecular weight excluding hydrogens is 598 g/mol. The number of benzene rings is 2. The summed E-state index contributed by atoms with van der Waals surface area (Å²) in [5.74, 6) is 0.834. The molecule has 10 nitrogen and oxygen atoms in total. The maximum absolute atomic E-state index is 12.8. The molecule has 3 aliphatic rings. The number of carbonyl (C=O) groups is 2. The van der Waals surface area contributed by atoms with Crippen LogP contribution in [0.5, 0.6) is 5.75 Å². The maximum atomic E-state index is 12.8. The van der Waals surface area contributed by atoms with Crippen molar-refractivity contribution in [2.45, 2.75) is 71.9 Å². The molecule has 1 unspecified atom stereocenters. The molecule has 47 heavy (non-hydrogen) atoms. The van der Waals surface area contributed by atoms with Gasteiger partial charge in [-0.05, 0) is 98.5 Å². The van der Waals surface area contributed by atoms with Crippen molar-refractivity contribution >= 4 is 17.9 Å². The highest BCUT2D eigenvalue weighted by atomic mass is 16.6. The molecule has 2 aliphatic heterocycles. The van der Waals surface area contributed by atoms with E-state index in [4.69, 9.17) is 23.9 Å². The standard InChI is InChI=1S/C37H45N3O7/c1-23-9-7-10-28(30-11-8-12-32(38-30)40-18-27-17-37(27,34(41)42)31(40)22-45-6)33(23)46-20-24-15-25-13-14-39(35(43)47-36(2,3)4)19-29(25)26(16-24)21-44-5/h7-12,15-16,27,31H,13-14,17-22H2,1-6H3,(H,41,42)/t27?,31-,37-/m1/s1. The predicted octanol–water partition coefficient (Wildman–Crippen LogP) is 6.00. The Morgan fingerprint density at radius 3 is 2.57 bits per heavy atom. The van der Waals surface area contributed by atoms with Crippen molar-refractivity contribution in [2.75, 3.05) is 38.8 Å². The fourth-order valence-corrected chi connectivity index (χ4v) is 7.29. The van der Waals surface area contributed by atoms with Gasteiger partial charge in [0.05, 0.1) is 30.4 Å². The van der Waals surface area contributed by atoms with E-state index in [9.17, 15) is 14.7 Å². The number of amides is 1. The van der Waals surface area contributed by atoms with Crippen LogP contribution < -0.4 is 9.64 Å². The Hall–Kier alpha value is -4.15. The number of hydrogen-bond donors (Lipinski definition) is 1. The Balaban J connectivity index is 1.24. The number of para-hydroxylation sites is 1. The summed E-state index contributed by atoms with van der Waals surface area (Å²) in [6.45, 7) is 10.5. The summed E-state index contributed by atoms with van der Waals surface area (Å²) >= 11 is 0. The molecule has 6 rings (SSSR count). The molecule has 1 saturated heterocycles. The molecule has 10 heteroatoms. The first-order valence-corrected chi connectivity index (χ1v) is 16.2. The average Bonchev–Trinajstić information content (AvgIpc) is 3.68. The van der Waals surface area contributed by atoms with Crippen LogP contribution in [0.1, 0.15) is 55.0 Å². The summed E-state index contributed by atoms with van der Waals surface area (Å²) in [5.41, 5.74) is 5.64. The van der Waals surface area contributed by atoms with Gasteiger partial charge < -0.3 is 33.9 Å². The van der Waals surface area contributed by atoms with Gasteiger partial charge in [-0.2, -0.15) is 0 Å². The molecule has 3 atom stereocenters. The minimum absolute atomic E-state index is 0.100. The van der Waals surface area contributed by atoms with E-state index in [1.165, 1.54) is 5.56 Å². The van der Waals surface area contributed by atoms with Crippen LogP contribution >= 0.6 is 0 Å². The van der Waals surface area contributed by atoms with Crippen LogP contribution in [-0.4, -0.2) is 72.6 Å². The number of pyridine rings is 1. The molecule has 2 aromatic carbocycles. The first-order valence-electron chi connectivity index (χ1n) is 16.2. The van der Waals surface area contributed by atoms with Crippen LogP contribution in [0.15, 0.2) is 48.5 Å². The number of carbonyl (C=O) groups excluding carboxylic acids is 1. The Morgan fingerprint density at radius 1 is 1.06 bits per heavy atom. The van der Waals surface area contributed by atoms with Crippen molar-refractivity contribution in [3.63, 3.8) is 0 Å². The van der Waals surface area contributed by atoms with E-state index in [-0.39, 0.29) is 18.1 Å². The zero-order valence-corrected chi connectivity index (χ0v) is 28.2.